The van der Waals surface area contributed by atoms with Gasteiger partial charge in [-0.15, -0.1) is 0 Å². The second-order valence-electron chi connectivity index (χ2n) is 3.37. The number of hydrogen-bond donors (Lipinski definition) is 2. The number of aromatic amines is 1. The van der Waals surface area contributed by atoms with Crippen LogP contribution >= 0.6 is 0 Å². The third-order valence-electron chi connectivity index (χ3n) is 2.14. The van der Waals surface area contributed by atoms with E-state index in [0.717, 1.165) is 17.7 Å². The average Bonchev–Trinajstić information content (AvgIpc) is 2.09. The van der Waals surface area contributed by atoms with Gasteiger partial charge in [-0.25, -0.2) is 0 Å². The lowest BCUT2D eigenvalue weighted by Crippen LogP contribution is -2.25. The molecule has 0 amide bonds. The van der Waals surface area contributed by atoms with Crippen molar-refractivity contribution >= 4 is 0 Å². The van der Waals surface area contributed by atoms with Gasteiger partial charge < -0.3 is 10.7 Å². The van der Waals surface area contributed by atoms with E-state index in [-0.39, 0.29) is 11.6 Å². The largest absolute Gasteiger partial charge is 0.327 e. The highest BCUT2D eigenvalue weighted by Gasteiger charge is 2.04. The Hall–Kier alpha value is -1.09. The minimum Gasteiger partial charge on any atom is -0.327 e. The summed E-state index contributed by atoms with van der Waals surface area (Å²) in [5, 5.41) is 0. The maximum atomic E-state index is 11.4. The van der Waals surface area contributed by atoms with E-state index in [4.69, 9.17) is 5.73 Å². The van der Waals surface area contributed by atoms with Gasteiger partial charge >= 0.3 is 0 Å². The van der Waals surface area contributed by atoms with Crippen molar-refractivity contribution in [1.29, 1.82) is 0 Å². The molecule has 1 rings (SSSR count). The monoisotopic (exact) mass is 180 g/mol. The molecule has 0 saturated heterocycles. The second-order valence-corrected chi connectivity index (χ2v) is 3.37. The average molecular weight is 180 g/mol. The predicted octanol–water partition coefficient (Wildman–Crippen LogP) is 0.963. The van der Waals surface area contributed by atoms with Crippen molar-refractivity contribution in [1.82, 2.24) is 4.98 Å². The highest BCUT2D eigenvalue weighted by molar-refractivity contribution is 5.14. The van der Waals surface area contributed by atoms with Crippen molar-refractivity contribution in [3.05, 3.63) is 33.7 Å². The van der Waals surface area contributed by atoms with Gasteiger partial charge in [0, 0.05) is 17.3 Å². The summed E-state index contributed by atoms with van der Waals surface area (Å²) in [7, 11) is 0. The Balaban J connectivity index is 2.84. The van der Waals surface area contributed by atoms with E-state index >= 15 is 0 Å². The van der Waals surface area contributed by atoms with E-state index in [2.05, 4.69) is 4.98 Å². The van der Waals surface area contributed by atoms with Gasteiger partial charge in [0.05, 0.1) is 0 Å². The minimum absolute atomic E-state index is 0.0103. The zero-order chi connectivity index (χ0) is 9.84. The molecule has 13 heavy (non-hydrogen) atoms. The van der Waals surface area contributed by atoms with Crippen molar-refractivity contribution in [3.8, 4) is 0 Å². The van der Waals surface area contributed by atoms with Crippen LogP contribution in [0.15, 0.2) is 16.9 Å². The van der Waals surface area contributed by atoms with Crippen LogP contribution in [-0.4, -0.2) is 11.0 Å². The van der Waals surface area contributed by atoms with E-state index in [1.54, 1.807) is 0 Å². The Morgan fingerprint density at radius 1 is 1.54 bits per heavy atom. The Bertz CT molecular complexity index is 330. The van der Waals surface area contributed by atoms with Crippen LogP contribution in [0.1, 0.15) is 24.6 Å². The van der Waals surface area contributed by atoms with Gasteiger partial charge in [-0.2, -0.15) is 0 Å². The van der Waals surface area contributed by atoms with E-state index in [9.17, 15) is 4.79 Å². The summed E-state index contributed by atoms with van der Waals surface area (Å²) in [6.07, 6.45) is 1.55. The molecule has 3 N–H and O–H groups in total. The van der Waals surface area contributed by atoms with Gasteiger partial charge in [0.1, 0.15) is 0 Å². The first-order valence-electron chi connectivity index (χ1n) is 4.58. The molecule has 3 heteroatoms. The molecule has 0 aliphatic rings. The van der Waals surface area contributed by atoms with E-state index in [1.807, 2.05) is 26.0 Å². The van der Waals surface area contributed by atoms with Crippen LogP contribution in [0.5, 0.6) is 0 Å². The molecule has 0 bridgehead atoms. The van der Waals surface area contributed by atoms with Crippen LogP contribution < -0.4 is 11.3 Å². The first-order chi connectivity index (χ1) is 6.13. The first kappa shape index (κ1) is 9.99. The summed E-state index contributed by atoms with van der Waals surface area (Å²) in [5.74, 6) is 0. The molecule has 1 unspecified atom stereocenters. The summed E-state index contributed by atoms with van der Waals surface area (Å²) in [6, 6.07) is 3.84. The standard InChI is InChI=1S/C10H16N2O/c1-3-9(11)6-8-5-4-7(2)12-10(8)13/h4-5,9H,3,6,11H2,1-2H3,(H,12,13). The maximum absolute atomic E-state index is 11.4. The van der Waals surface area contributed by atoms with Crippen molar-refractivity contribution in [3.63, 3.8) is 0 Å². The summed E-state index contributed by atoms with van der Waals surface area (Å²) in [6.45, 7) is 3.89. The number of nitrogens with two attached hydrogens (primary N) is 1. The maximum Gasteiger partial charge on any atom is 0.251 e. The SMILES string of the molecule is CCC(N)Cc1ccc(C)[nH]c1=O. The van der Waals surface area contributed by atoms with Crippen molar-refractivity contribution in [2.75, 3.05) is 0 Å². The molecule has 1 atom stereocenters. The lowest BCUT2D eigenvalue weighted by molar-refractivity contribution is 0.642. The zero-order valence-electron chi connectivity index (χ0n) is 8.13. The lowest BCUT2D eigenvalue weighted by Gasteiger charge is -2.07. The van der Waals surface area contributed by atoms with Crippen LogP contribution in [0.25, 0.3) is 0 Å². The predicted molar refractivity (Wildman–Crippen MR) is 53.8 cm³/mol. The fourth-order valence-electron chi connectivity index (χ4n) is 1.19. The zero-order valence-corrected chi connectivity index (χ0v) is 8.13. The van der Waals surface area contributed by atoms with Crippen LogP contribution in [0, 0.1) is 6.92 Å². The summed E-state index contributed by atoms with van der Waals surface area (Å²) < 4.78 is 0. The summed E-state index contributed by atoms with van der Waals surface area (Å²) in [5.41, 5.74) is 7.41. The topological polar surface area (TPSA) is 58.9 Å². The smallest absolute Gasteiger partial charge is 0.251 e. The minimum atomic E-state index is -0.0103. The fourth-order valence-corrected chi connectivity index (χ4v) is 1.19. The Kier molecular flexibility index (Phi) is 3.25. The molecular weight excluding hydrogens is 164 g/mol. The summed E-state index contributed by atoms with van der Waals surface area (Å²) in [4.78, 5) is 14.1. The second kappa shape index (κ2) is 4.23. The third kappa shape index (κ3) is 2.70. The molecule has 0 fully saturated rings. The molecule has 72 valence electrons. The quantitative estimate of drug-likeness (QED) is 0.728. The molecule has 1 aromatic heterocycles. The number of rotatable bonds is 3. The number of aromatic nitrogens is 1. The van der Waals surface area contributed by atoms with Crippen LogP contribution in [0.3, 0.4) is 0 Å². The summed E-state index contributed by atoms with van der Waals surface area (Å²) >= 11 is 0. The van der Waals surface area contributed by atoms with Crippen molar-refractivity contribution in [2.45, 2.75) is 32.7 Å². The molecule has 0 spiro atoms. The van der Waals surface area contributed by atoms with Crippen molar-refractivity contribution < 1.29 is 0 Å². The number of nitrogens with one attached hydrogen (secondary N) is 1. The highest BCUT2D eigenvalue weighted by atomic mass is 16.1. The number of aryl methyl sites for hydroxylation is 1. The van der Waals surface area contributed by atoms with Crippen LogP contribution in [0.2, 0.25) is 0 Å². The molecule has 3 nitrogen and oxygen atoms in total. The molecule has 0 saturated carbocycles. The van der Waals surface area contributed by atoms with E-state index in [0.29, 0.717) is 6.42 Å². The van der Waals surface area contributed by atoms with Gasteiger partial charge in [0.15, 0.2) is 0 Å². The molecule has 1 aromatic rings. The Morgan fingerprint density at radius 3 is 2.77 bits per heavy atom. The fraction of sp³-hybridized carbons (Fsp3) is 0.500. The van der Waals surface area contributed by atoms with Gasteiger partial charge in [-0.05, 0) is 25.8 Å². The number of pyridine rings is 1. The number of H-pyrrole nitrogens is 1. The van der Waals surface area contributed by atoms with Gasteiger partial charge in [-0.1, -0.05) is 13.0 Å². The molecule has 0 aliphatic heterocycles. The highest BCUT2D eigenvalue weighted by Crippen LogP contribution is 1.99. The van der Waals surface area contributed by atoms with Gasteiger partial charge in [0.2, 0.25) is 0 Å². The Morgan fingerprint density at radius 2 is 2.23 bits per heavy atom. The normalized spacial score (nSPS) is 12.8. The van der Waals surface area contributed by atoms with Crippen molar-refractivity contribution in [2.24, 2.45) is 5.73 Å². The van der Waals surface area contributed by atoms with Crippen LogP contribution in [0.4, 0.5) is 0 Å². The molecule has 1 heterocycles. The number of hydrogen-bond acceptors (Lipinski definition) is 2. The van der Waals surface area contributed by atoms with E-state index < -0.39 is 0 Å². The Labute approximate surface area is 78.0 Å². The lowest BCUT2D eigenvalue weighted by atomic mass is 10.1. The van der Waals surface area contributed by atoms with Gasteiger partial charge in [-0.3, -0.25) is 4.79 Å². The molecule has 0 radical (unpaired) electrons. The van der Waals surface area contributed by atoms with Crippen LogP contribution in [-0.2, 0) is 6.42 Å². The first-order valence-corrected chi connectivity index (χ1v) is 4.58. The molecular formula is C10H16N2O. The molecule has 0 aliphatic carbocycles. The van der Waals surface area contributed by atoms with Gasteiger partial charge in [0.25, 0.3) is 5.56 Å². The molecule has 0 aromatic carbocycles. The third-order valence-corrected chi connectivity index (χ3v) is 2.14. The van der Waals surface area contributed by atoms with E-state index in [1.165, 1.54) is 0 Å².